The van der Waals surface area contributed by atoms with Crippen molar-refractivity contribution in [3.8, 4) is 0 Å². The van der Waals surface area contributed by atoms with Crippen LogP contribution in [0.2, 0.25) is 0 Å². The van der Waals surface area contributed by atoms with Crippen molar-refractivity contribution in [2.45, 2.75) is 79.1 Å². The van der Waals surface area contributed by atoms with Crippen molar-refractivity contribution in [3.05, 3.63) is 0 Å². The fraction of sp³-hybridized carbons (Fsp3) is 1.00. The van der Waals surface area contributed by atoms with E-state index in [0.717, 1.165) is 23.7 Å². The lowest BCUT2D eigenvalue weighted by molar-refractivity contribution is 0.308. The minimum absolute atomic E-state index is 0. The minimum Gasteiger partial charge on any atom is -0.412 e. The molecule has 1 nitrogen and oxygen atoms in total. The summed E-state index contributed by atoms with van der Waals surface area (Å²) in [5.74, 6) is 4.08. The highest BCUT2D eigenvalue weighted by Crippen LogP contribution is 2.27. The average Bonchev–Trinajstić information content (AvgIpc) is 2.28. The maximum atomic E-state index is 2.37. The van der Waals surface area contributed by atoms with Gasteiger partial charge in [0.05, 0.1) is 0 Å². The number of rotatable bonds is 0. The molecule has 2 fully saturated rings. The zero-order valence-corrected chi connectivity index (χ0v) is 12.5. The molecule has 0 saturated heterocycles. The van der Waals surface area contributed by atoms with Crippen LogP contribution in [0, 0.1) is 23.7 Å². The molecule has 0 heterocycles. The van der Waals surface area contributed by atoms with Gasteiger partial charge in [-0.05, 0) is 23.7 Å². The monoisotopic (exact) mass is 242 g/mol. The molecule has 0 atom stereocenters. The molecule has 2 rings (SSSR count). The third kappa shape index (κ3) is 7.81. The second-order valence-electron chi connectivity index (χ2n) is 6.73. The summed E-state index contributed by atoms with van der Waals surface area (Å²) in [5, 5.41) is 0. The summed E-state index contributed by atoms with van der Waals surface area (Å²) >= 11 is 0. The van der Waals surface area contributed by atoms with Crippen LogP contribution in [0.1, 0.15) is 79.1 Å². The van der Waals surface area contributed by atoms with Crippen molar-refractivity contribution in [1.82, 2.24) is 0 Å². The van der Waals surface area contributed by atoms with E-state index in [9.17, 15) is 0 Å². The van der Waals surface area contributed by atoms with E-state index in [4.69, 9.17) is 0 Å². The molecule has 0 aliphatic heterocycles. The molecule has 0 aromatic carbocycles. The Labute approximate surface area is 109 Å². The van der Waals surface area contributed by atoms with Gasteiger partial charge < -0.3 is 5.48 Å². The first-order valence-corrected chi connectivity index (χ1v) is 7.58. The summed E-state index contributed by atoms with van der Waals surface area (Å²) in [6, 6.07) is 0. The van der Waals surface area contributed by atoms with Crippen LogP contribution in [0.5, 0.6) is 0 Å². The Morgan fingerprint density at radius 2 is 0.529 bits per heavy atom. The molecule has 0 spiro atoms. The van der Waals surface area contributed by atoms with Crippen molar-refractivity contribution in [2.24, 2.45) is 23.7 Å². The molecule has 0 aromatic heterocycles. The Morgan fingerprint density at radius 1 is 0.412 bits per heavy atom. The van der Waals surface area contributed by atoms with Gasteiger partial charge in [-0.1, -0.05) is 79.1 Å². The van der Waals surface area contributed by atoms with Gasteiger partial charge in [0.1, 0.15) is 0 Å². The lowest BCUT2D eigenvalue weighted by Crippen LogP contribution is -2.08. The van der Waals surface area contributed by atoms with Crippen LogP contribution >= 0.6 is 0 Å². The zero-order valence-electron chi connectivity index (χ0n) is 12.5. The first-order chi connectivity index (χ1) is 7.58. The van der Waals surface area contributed by atoms with Crippen LogP contribution in [-0.2, 0) is 0 Å². The third-order valence-electron chi connectivity index (χ3n) is 4.61. The molecular weight excluding hydrogens is 208 g/mol. The first-order valence-electron chi connectivity index (χ1n) is 7.58. The summed E-state index contributed by atoms with van der Waals surface area (Å²) in [7, 11) is 0. The molecule has 2 aliphatic rings. The largest absolute Gasteiger partial charge is 0.412 e. The lowest BCUT2D eigenvalue weighted by atomic mass is 9.84. The highest BCUT2D eigenvalue weighted by molar-refractivity contribution is 4.66. The van der Waals surface area contributed by atoms with Gasteiger partial charge in [-0.3, -0.25) is 0 Å². The maximum absolute atomic E-state index is 2.37. The average molecular weight is 242 g/mol. The predicted octanol–water partition coefficient (Wildman–Crippen LogP) is 4.84. The fourth-order valence-corrected chi connectivity index (χ4v) is 2.85. The second kappa shape index (κ2) is 8.97. The Kier molecular flexibility index (Phi) is 8.94. The van der Waals surface area contributed by atoms with Crippen LogP contribution in [-0.4, -0.2) is 5.48 Å². The molecule has 2 aliphatic carbocycles. The first kappa shape index (κ1) is 17.0. The van der Waals surface area contributed by atoms with Gasteiger partial charge in [0.15, 0.2) is 0 Å². The quantitative estimate of drug-likeness (QED) is 0.582. The highest BCUT2D eigenvalue weighted by atomic mass is 16.0. The van der Waals surface area contributed by atoms with E-state index in [-0.39, 0.29) is 5.48 Å². The molecule has 17 heavy (non-hydrogen) atoms. The Balaban J connectivity index is 0.000000284. The Morgan fingerprint density at radius 3 is 0.647 bits per heavy atom. The van der Waals surface area contributed by atoms with Crippen LogP contribution in [0.4, 0.5) is 0 Å². The van der Waals surface area contributed by atoms with E-state index in [1.165, 1.54) is 51.4 Å². The van der Waals surface area contributed by atoms with Crippen molar-refractivity contribution < 1.29 is 5.48 Å². The van der Waals surface area contributed by atoms with Crippen molar-refractivity contribution in [1.29, 1.82) is 0 Å². The van der Waals surface area contributed by atoms with Crippen LogP contribution in [0.15, 0.2) is 0 Å². The van der Waals surface area contributed by atoms with Gasteiger partial charge in [0.2, 0.25) is 0 Å². The summed E-state index contributed by atoms with van der Waals surface area (Å²) in [6.45, 7) is 9.47. The predicted molar refractivity (Wildman–Crippen MR) is 77.2 cm³/mol. The van der Waals surface area contributed by atoms with Gasteiger partial charge in [-0.25, -0.2) is 0 Å². The van der Waals surface area contributed by atoms with E-state index in [2.05, 4.69) is 27.7 Å². The molecule has 104 valence electrons. The SMILES string of the molecule is CC1CCC(C)CC1.CC1CCC(C)CC1.O. The second-order valence-corrected chi connectivity index (χ2v) is 6.73. The molecular formula is C16H34O. The smallest absolute Gasteiger partial charge is 0.0443 e. The van der Waals surface area contributed by atoms with E-state index in [1.54, 1.807) is 0 Å². The van der Waals surface area contributed by atoms with Gasteiger partial charge in [0, 0.05) is 0 Å². The van der Waals surface area contributed by atoms with Gasteiger partial charge in [-0.15, -0.1) is 0 Å². The summed E-state index contributed by atoms with van der Waals surface area (Å²) in [4.78, 5) is 0. The zero-order chi connectivity index (χ0) is 12.0. The van der Waals surface area contributed by atoms with Crippen molar-refractivity contribution in [2.75, 3.05) is 0 Å². The van der Waals surface area contributed by atoms with E-state index in [1.807, 2.05) is 0 Å². The lowest BCUT2D eigenvalue weighted by Gasteiger charge is -2.22. The molecule has 0 amide bonds. The normalized spacial score (nSPS) is 37.4. The van der Waals surface area contributed by atoms with Gasteiger partial charge in [0.25, 0.3) is 0 Å². The molecule has 0 unspecified atom stereocenters. The molecule has 0 aromatic rings. The van der Waals surface area contributed by atoms with Crippen molar-refractivity contribution in [3.63, 3.8) is 0 Å². The fourth-order valence-electron chi connectivity index (χ4n) is 2.85. The number of hydrogen-bond acceptors (Lipinski definition) is 0. The third-order valence-corrected chi connectivity index (χ3v) is 4.61. The van der Waals surface area contributed by atoms with Crippen LogP contribution < -0.4 is 0 Å². The van der Waals surface area contributed by atoms with E-state index in [0.29, 0.717) is 0 Å². The highest BCUT2D eigenvalue weighted by Gasteiger charge is 2.13. The molecule has 2 saturated carbocycles. The Hall–Kier alpha value is -0.0400. The molecule has 0 bridgehead atoms. The topological polar surface area (TPSA) is 31.5 Å². The van der Waals surface area contributed by atoms with E-state index >= 15 is 0 Å². The molecule has 0 radical (unpaired) electrons. The van der Waals surface area contributed by atoms with Crippen molar-refractivity contribution >= 4 is 0 Å². The molecule has 2 N–H and O–H groups in total. The number of hydrogen-bond donors (Lipinski definition) is 0. The van der Waals surface area contributed by atoms with Gasteiger partial charge in [-0.2, -0.15) is 0 Å². The minimum atomic E-state index is 0. The molecule has 1 heteroatoms. The van der Waals surface area contributed by atoms with Crippen LogP contribution in [0.3, 0.4) is 0 Å². The van der Waals surface area contributed by atoms with Crippen LogP contribution in [0.25, 0.3) is 0 Å². The van der Waals surface area contributed by atoms with Gasteiger partial charge >= 0.3 is 0 Å². The maximum Gasteiger partial charge on any atom is -0.0443 e. The summed E-state index contributed by atoms with van der Waals surface area (Å²) in [6.07, 6.45) is 11.8. The standard InChI is InChI=1S/2C8H16.H2O/c2*1-7-3-5-8(2)6-4-7;/h2*7-8H,3-6H2,1-2H3;1H2. The summed E-state index contributed by atoms with van der Waals surface area (Å²) in [5.41, 5.74) is 0. The van der Waals surface area contributed by atoms with E-state index < -0.39 is 0 Å². The Bertz CT molecular complexity index is 122. The summed E-state index contributed by atoms with van der Waals surface area (Å²) < 4.78 is 0.